The SMILES string of the molecule is CC(SCc1cccc(C(N)=O)c1)C(N)=O. The molecule has 0 saturated heterocycles. The van der Waals surface area contributed by atoms with E-state index in [0.717, 1.165) is 5.56 Å². The van der Waals surface area contributed by atoms with Crippen molar-refractivity contribution in [1.29, 1.82) is 0 Å². The Bertz CT molecular complexity index is 407. The Morgan fingerprint density at radius 2 is 2.06 bits per heavy atom. The van der Waals surface area contributed by atoms with E-state index in [1.165, 1.54) is 11.8 Å². The summed E-state index contributed by atoms with van der Waals surface area (Å²) in [6.07, 6.45) is 0. The van der Waals surface area contributed by atoms with Crippen LogP contribution in [0.25, 0.3) is 0 Å². The van der Waals surface area contributed by atoms with Crippen molar-refractivity contribution in [3.05, 3.63) is 35.4 Å². The van der Waals surface area contributed by atoms with Crippen LogP contribution in [0.15, 0.2) is 24.3 Å². The van der Waals surface area contributed by atoms with Crippen LogP contribution in [0.2, 0.25) is 0 Å². The summed E-state index contributed by atoms with van der Waals surface area (Å²) in [4.78, 5) is 21.8. The second kappa shape index (κ2) is 5.55. The molecule has 1 aromatic carbocycles. The van der Waals surface area contributed by atoms with Crippen molar-refractivity contribution in [3.63, 3.8) is 0 Å². The van der Waals surface area contributed by atoms with Gasteiger partial charge in [-0.3, -0.25) is 9.59 Å². The summed E-state index contributed by atoms with van der Waals surface area (Å²) in [5, 5.41) is -0.239. The minimum Gasteiger partial charge on any atom is -0.369 e. The Labute approximate surface area is 98.4 Å². The molecule has 4 N–H and O–H groups in total. The molecular weight excluding hydrogens is 224 g/mol. The van der Waals surface area contributed by atoms with E-state index in [1.54, 1.807) is 25.1 Å². The second-order valence-electron chi connectivity index (χ2n) is 3.42. The van der Waals surface area contributed by atoms with Crippen molar-refractivity contribution in [1.82, 2.24) is 0 Å². The highest BCUT2D eigenvalue weighted by atomic mass is 32.2. The first-order valence-corrected chi connectivity index (χ1v) is 5.85. The minimum atomic E-state index is -0.449. The summed E-state index contributed by atoms with van der Waals surface area (Å²) in [6, 6.07) is 7.04. The number of carbonyl (C=O) groups is 2. The maximum atomic E-state index is 10.9. The van der Waals surface area contributed by atoms with Crippen molar-refractivity contribution in [3.8, 4) is 0 Å². The number of rotatable bonds is 5. The number of benzene rings is 1. The Morgan fingerprint density at radius 3 is 2.62 bits per heavy atom. The highest BCUT2D eigenvalue weighted by Crippen LogP contribution is 2.18. The summed E-state index contributed by atoms with van der Waals surface area (Å²) < 4.78 is 0. The van der Waals surface area contributed by atoms with Gasteiger partial charge in [0.1, 0.15) is 0 Å². The van der Waals surface area contributed by atoms with Crippen LogP contribution in [0, 0.1) is 0 Å². The molecular formula is C11H14N2O2S. The molecule has 16 heavy (non-hydrogen) atoms. The number of hydrogen-bond acceptors (Lipinski definition) is 3. The molecule has 0 saturated carbocycles. The molecule has 2 amide bonds. The molecule has 0 aliphatic rings. The smallest absolute Gasteiger partial charge is 0.248 e. The van der Waals surface area contributed by atoms with Crippen LogP contribution in [0.1, 0.15) is 22.8 Å². The third-order valence-corrected chi connectivity index (χ3v) is 3.34. The highest BCUT2D eigenvalue weighted by Gasteiger charge is 2.09. The van der Waals surface area contributed by atoms with Gasteiger partial charge in [-0.15, -0.1) is 11.8 Å². The van der Waals surface area contributed by atoms with Crippen LogP contribution in [0.3, 0.4) is 0 Å². The molecule has 1 atom stereocenters. The van der Waals surface area contributed by atoms with E-state index < -0.39 is 5.91 Å². The molecule has 0 fully saturated rings. The lowest BCUT2D eigenvalue weighted by molar-refractivity contribution is -0.117. The normalized spacial score (nSPS) is 12.1. The summed E-state index contributed by atoms with van der Waals surface area (Å²) >= 11 is 1.43. The molecule has 0 aliphatic heterocycles. The predicted molar refractivity (Wildman–Crippen MR) is 64.9 cm³/mol. The van der Waals surface area contributed by atoms with Gasteiger partial charge in [0.05, 0.1) is 5.25 Å². The fourth-order valence-electron chi connectivity index (χ4n) is 1.12. The van der Waals surface area contributed by atoms with Gasteiger partial charge in [-0.1, -0.05) is 12.1 Å². The molecule has 1 unspecified atom stereocenters. The maximum absolute atomic E-state index is 10.9. The summed E-state index contributed by atoms with van der Waals surface area (Å²) in [6.45, 7) is 1.75. The van der Waals surface area contributed by atoms with Gasteiger partial charge >= 0.3 is 0 Å². The van der Waals surface area contributed by atoms with Crippen LogP contribution < -0.4 is 11.5 Å². The number of nitrogens with two attached hydrogens (primary N) is 2. The van der Waals surface area contributed by atoms with Crippen LogP contribution in [0.4, 0.5) is 0 Å². The lowest BCUT2D eigenvalue weighted by atomic mass is 10.1. The zero-order valence-corrected chi connectivity index (χ0v) is 9.79. The lowest BCUT2D eigenvalue weighted by Crippen LogP contribution is -2.22. The number of thioether (sulfide) groups is 1. The minimum absolute atomic E-state index is 0.239. The van der Waals surface area contributed by atoms with E-state index in [9.17, 15) is 9.59 Å². The summed E-state index contributed by atoms with van der Waals surface area (Å²) in [5.74, 6) is -0.156. The van der Waals surface area contributed by atoms with Gasteiger partial charge in [0.2, 0.25) is 11.8 Å². The largest absolute Gasteiger partial charge is 0.369 e. The van der Waals surface area contributed by atoms with Crippen molar-refractivity contribution in [2.75, 3.05) is 0 Å². The van der Waals surface area contributed by atoms with Gasteiger partial charge in [0.25, 0.3) is 0 Å². The van der Waals surface area contributed by atoms with Gasteiger partial charge in [0.15, 0.2) is 0 Å². The molecule has 0 spiro atoms. The maximum Gasteiger partial charge on any atom is 0.248 e. The van der Waals surface area contributed by atoms with Crippen LogP contribution >= 0.6 is 11.8 Å². The van der Waals surface area contributed by atoms with Gasteiger partial charge in [-0.25, -0.2) is 0 Å². The summed E-state index contributed by atoms with van der Waals surface area (Å²) in [5.41, 5.74) is 11.7. The van der Waals surface area contributed by atoms with E-state index >= 15 is 0 Å². The van der Waals surface area contributed by atoms with E-state index in [1.807, 2.05) is 6.07 Å². The molecule has 1 aromatic rings. The molecule has 0 bridgehead atoms. The second-order valence-corrected chi connectivity index (χ2v) is 4.75. The highest BCUT2D eigenvalue weighted by molar-refractivity contribution is 7.99. The van der Waals surface area contributed by atoms with Gasteiger partial charge < -0.3 is 11.5 Å². The topological polar surface area (TPSA) is 86.2 Å². The number of hydrogen-bond donors (Lipinski definition) is 2. The first-order valence-electron chi connectivity index (χ1n) is 4.80. The molecule has 86 valence electrons. The van der Waals surface area contributed by atoms with Crippen LogP contribution in [-0.2, 0) is 10.5 Å². The van der Waals surface area contributed by atoms with Crippen LogP contribution in [0.5, 0.6) is 0 Å². The molecule has 0 aromatic heterocycles. The van der Waals surface area contributed by atoms with Gasteiger partial charge in [-0.05, 0) is 24.6 Å². The Balaban J connectivity index is 2.64. The van der Waals surface area contributed by atoms with Crippen molar-refractivity contribution in [2.45, 2.75) is 17.9 Å². The Kier molecular flexibility index (Phi) is 4.37. The predicted octanol–water partition coefficient (Wildman–Crippen LogP) is 0.892. The number of carbonyl (C=O) groups excluding carboxylic acids is 2. The van der Waals surface area contributed by atoms with E-state index in [-0.39, 0.29) is 11.2 Å². The molecule has 0 radical (unpaired) electrons. The van der Waals surface area contributed by atoms with Gasteiger partial charge in [-0.2, -0.15) is 0 Å². The zero-order chi connectivity index (χ0) is 12.1. The number of amides is 2. The first-order chi connectivity index (χ1) is 7.50. The molecule has 0 heterocycles. The molecule has 1 rings (SSSR count). The average molecular weight is 238 g/mol. The zero-order valence-electron chi connectivity index (χ0n) is 8.97. The Hall–Kier alpha value is -1.49. The van der Waals surface area contributed by atoms with Crippen molar-refractivity contribution < 1.29 is 9.59 Å². The number of primary amides is 2. The van der Waals surface area contributed by atoms with E-state index in [4.69, 9.17) is 11.5 Å². The fraction of sp³-hybridized carbons (Fsp3) is 0.273. The monoisotopic (exact) mass is 238 g/mol. The summed E-state index contributed by atoms with van der Waals surface area (Å²) in [7, 11) is 0. The Morgan fingerprint density at radius 1 is 1.38 bits per heavy atom. The third kappa shape index (κ3) is 3.58. The molecule has 5 heteroatoms. The lowest BCUT2D eigenvalue weighted by Gasteiger charge is -2.07. The fourth-order valence-corrected chi connectivity index (χ4v) is 1.90. The van der Waals surface area contributed by atoms with Crippen LogP contribution in [-0.4, -0.2) is 17.1 Å². The van der Waals surface area contributed by atoms with Crippen molar-refractivity contribution in [2.24, 2.45) is 11.5 Å². The third-order valence-electron chi connectivity index (χ3n) is 2.11. The molecule has 4 nitrogen and oxygen atoms in total. The average Bonchev–Trinajstić information content (AvgIpc) is 2.26. The first kappa shape index (κ1) is 12.6. The van der Waals surface area contributed by atoms with E-state index in [0.29, 0.717) is 11.3 Å². The van der Waals surface area contributed by atoms with Gasteiger partial charge in [0, 0.05) is 11.3 Å². The standard InChI is InChI=1S/C11H14N2O2S/c1-7(10(12)14)16-6-8-3-2-4-9(5-8)11(13)15/h2-5,7H,6H2,1H3,(H2,12,14)(H2,13,15). The molecule has 0 aliphatic carbocycles. The quantitative estimate of drug-likeness (QED) is 0.798. The van der Waals surface area contributed by atoms with E-state index in [2.05, 4.69) is 0 Å². The van der Waals surface area contributed by atoms with Crippen molar-refractivity contribution >= 4 is 23.6 Å².